The number of anilines is 5. The van der Waals surface area contributed by atoms with Gasteiger partial charge in [-0.3, -0.25) is 20.2 Å². The van der Waals surface area contributed by atoms with Gasteiger partial charge in [-0.1, -0.05) is 0 Å². The molecule has 0 radical (unpaired) electrons. The Hall–Kier alpha value is -8.87. The largest absolute Gasteiger partial charge is 0.497 e. The molecule has 0 aliphatic rings. The number of methoxy groups -OCH3 is 2. The van der Waals surface area contributed by atoms with Gasteiger partial charge in [0.05, 0.1) is 57.9 Å². The number of likely N-dealkylation sites (N-methyl/N-ethyl adjacent to an activating group) is 2. The zero-order chi connectivity index (χ0) is 52.0. The van der Waals surface area contributed by atoms with Crippen molar-refractivity contribution >= 4 is 62.1 Å². The molecule has 4 aromatic heterocycles. The summed E-state index contributed by atoms with van der Waals surface area (Å²) in [7, 11) is 12.3. The molecule has 72 heavy (non-hydrogen) atoms. The molecule has 0 spiro atoms. The Morgan fingerprint density at radius 1 is 0.653 bits per heavy atom. The van der Waals surface area contributed by atoms with Crippen LogP contribution in [0.5, 0.6) is 23.0 Å². The Morgan fingerprint density at radius 3 is 1.54 bits per heavy atom. The number of alkyl halides is 4. The quantitative estimate of drug-likeness (QED) is 0.0465. The third-order valence-corrected chi connectivity index (χ3v) is 11.0. The minimum Gasteiger partial charge on any atom is -0.497 e. The van der Waals surface area contributed by atoms with Gasteiger partial charge in [0.15, 0.2) is 11.5 Å². The fourth-order valence-electron chi connectivity index (χ4n) is 7.51. The zero-order valence-corrected chi connectivity index (χ0v) is 39.4. The van der Waals surface area contributed by atoms with Crippen molar-refractivity contribution < 1.29 is 50.7 Å². The SMILES string of the molecule is COc1ccc2c(-c3ccnc(Nc4cc([N+](=O)[O-])c(F)cc4OC(F)F)n3)cn(C)c2c1.COc1ccc2c(-c3ccnc(Nc4cc([N+](=O)[O-])c(N(C)CCN(C)C)cc4OC(F)F)n3)cn(C)c2c1. The molecule has 4 aromatic carbocycles. The second-order valence-corrected chi connectivity index (χ2v) is 16.0. The summed E-state index contributed by atoms with van der Waals surface area (Å²) in [4.78, 5) is 42.2. The average molecular weight is 1000 g/mol. The van der Waals surface area contributed by atoms with E-state index in [1.165, 1.54) is 18.5 Å². The van der Waals surface area contributed by atoms with Gasteiger partial charge in [-0.25, -0.2) is 19.9 Å². The molecule has 0 fully saturated rings. The van der Waals surface area contributed by atoms with Crippen molar-refractivity contribution in [3.05, 3.63) is 124 Å². The van der Waals surface area contributed by atoms with Gasteiger partial charge in [0.1, 0.15) is 17.2 Å². The van der Waals surface area contributed by atoms with Crippen LogP contribution in [0.3, 0.4) is 0 Å². The van der Waals surface area contributed by atoms with Crippen LogP contribution in [0.1, 0.15) is 0 Å². The van der Waals surface area contributed by atoms with Crippen molar-refractivity contribution in [2.45, 2.75) is 13.2 Å². The number of hydrogen-bond donors (Lipinski definition) is 2. The maximum Gasteiger partial charge on any atom is 0.387 e. The number of aryl methyl sites for hydroxylation is 2. The zero-order valence-electron chi connectivity index (χ0n) is 39.4. The third kappa shape index (κ3) is 11.6. The number of benzene rings is 4. The van der Waals surface area contributed by atoms with Crippen LogP contribution in [-0.2, 0) is 14.1 Å². The smallest absolute Gasteiger partial charge is 0.387 e. The molecule has 0 aliphatic heterocycles. The van der Waals surface area contributed by atoms with E-state index in [1.807, 2.05) is 85.0 Å². The van der Waals surface area contributed by atoms with Crippen LogP contribution in [-0.4, -0.2) is 105 Å². The number of nitrogens with zero attached hydrogens (tertiary/aromatic N) is 10. The van der Waals surface area contributed by atoms with Crippen molar-refractivity contribution in [3.63, 3.8) is 0 Å². The summed E-state index contributed by atoms with van der Waals surface area (Å²) in [6, 6.07) is 18.2. The molecule has 0 bridgehead atoms. The van der Waals surface area contributed by atoms with Gasteiger partial charge in [-0.15, -0.1) is 0 Å². The van der Waals surface area contributed by atoms with Gasteiger partial charge in [0, 0.05) is 117 Å². The molecule has 2 N–H and O–H groups in total. The number of halogens is 5. The molecule has 8 aromatic rings. The lowest BCUT2D eigenvalue weighted by atomic mass is 10.1. The molecule has 0 unspecified atom stereocenters. The average Bonchev–Trinajstić information content (AvgIpc) is 3.86. The number of nitro groups is 2. The maximum absolute atomic E-state index is 13.9. The Morgan fingerprint density at radius 2 is 1.11 bits per heavy atom. The molecule has 25 heteroatoms. The minimum absolute atomic E-state index is 0.0557. The third-order valence-electron chi connectivity index (χ3n) is 11.0. The molecule has 8 rings (SSSR count). The van der Waals surface area contributed by atoms with E-state index < -0.39 is 40.3 Å². The predicted octanol–water partition coefficient (Wildman–Crippen LogP) is 9.93. The van der Waals surface area contributed by atoms with Gasteiger partial charge >= 0.3 is 18.9 Å². The van der Waals surface area contributed by atoms with Crippen LogP contribution >= 0.6 is 0 Å². The van der Waals surface area contributed by atoms with Crippen LogP contribution in [0.15, 0.2) is 97.6 Å². The van der Waals surface area contributed by atoms with E-state index in [2.05, 4.69) is 35.3 Å². The van der Waals surface area contributed by atoms with Gasteiger partial charge in [0.25, 0.3) is 5.69 Å². The summed E-state index contributed by atoms with van der Waals surface area (Å²) in [5, 5.41) is 30.2. The Kier molecular flexibility index (Phi) is 15.5. The normalized spacial score (nSPS) is 11.2. The number of ether oxygens (including phenoxy) is 4. The first-order valence-electron chi connectivity index (χ1n) is 21.4. The van der Waals surface area contributed by atoms with E-state index in [0.717, 1.165) is 45.1 Å². The number of rotatable bonds is 18. The summed E-state index contributed by atoms with van der Waals surface area (Å²) < 4.78 is 89.6. The highest BCUT2D eigenvalue weighted by atomic mass is 19.3. The number of nitro benzene ring substituents is 2. The van der Waals surface area contributed by atoms with E-state index in [4.69, 9.17) is 14.2 Å². The van der Waals surface area contributed by atoms with Gasteiger partial charge < -0.3 is 48.5 Å². The molecular weight excluding hydrogens is 956 g/mol. The molecule has 0 aliphatic carbocycles. The first kappa shape index (κ1) is 51.0. The lowest BCUT2D eigenvalue weighted by Gasteiger charge is -2.23. The Labute approximate surface area is 406 Å². The fraction of sp³-hybridized carbons (Fsp3) is 0.234. The number of aromatic nitrogens is 6. The van der Waals surface area contributed by atoms with E-state index in [-0.39, 0.29) is 40.4 Å². The van der Waals surface area contributed by atoms with Crippen molar-refractivity contribution in [3.8, 4) is 45.5 Å². The van der Waals surface area contributed by atoms with Crippen molar-refractivity contribution in [1.82, 2.24) is 34.0 Å². The van der Waals surface area contributed by atoms with Crippen molar-refractivity contribution in [2.24, 2.45) is 14.1 Å². The molecule has 4 heterocycles. The second kappa shape index (κ2) is 21.8. The summed E-state index contributed by atoms with van der Waals surface area (Å²) in [6.45, 7) is -5.39. The van der Waals surface area contributed by atoms with Crippen LogP contribution in [0.25, 0.3) is 44.3 Å². The number of hydrogen-bond acceptors (Lipinski definition) is 16. The standard InChI is InChI=1S/C26H29F2N7O4.C21H16F3N5O4/c1-32(2)10-11-33(3)22-14-24(39-25(27)28)20(13-23(22)35(36)37)31-26-29-9-8-19(30-26)18-15-34(4)21-12-16(38-5)6-7-17(18)21;1-28-10-13(12-4-3-11(32-2)7-17(12)28)15-5-6-25-21(26-15)27-16-9-18(29(30)31)14(22)8-19(16)33-20(23)24/h6-9,12-15,25H,10-11H2,1-5H3,(H,29,30,31);3-10,20H,1-2H3,(H,25,26,27). The van der Waals surface area contributed by atoms with Crippen molar-refractivity contribution in [1.29, 1.82) is 0 Å². The fourth-order valence-corrected chi connectivity index (χ4v) is 7.51. The van der Waals surface area contributed by atoms with E-state index in [9.17, 15) is 42.2 Å². The predicted molar refractivity (Wildman–Crippen MR) is 259 cm³/mol. The minimum atomic E-state index is -3.27. The molecular formula is C47H45F5N12O8. The second-order valence-electron chi connectivity index (χ2n) is 16.0. The molecule has 0 atom stereocenters. The number of nitrogens with one attached hydrogen (secondary N) is 2. The van der Waals surface area contributed by atoms with Crippen LogP contribution in [0.4, 0.5) is 62.3 Å². The summed E-state index contributed by atoms with van der Waals surface area (Å²) >= 11 is 0. The Bertz CT molecular complexity index is 3280. The van der Waals surface area contributed by atoms with E-state index in [0.29, 0.717) is 42.0 Å². The number of fused-ring (bicyclic) bond motifs is 2. The first-order chi connectivity index (χ1) is 34.3. The van der Waals surface area contributed by atoms with Crippen molar-refractivity contribution in [2.75, 3.05) is 64.0 Å². The topological polar surface area (TPSA) is 215 Å². The maximum atomic E-state index is 13.9. The Balaban J connectivity index is 0.000000214. The van der Waals surface area contributed by atoms with E-state index >= 15 is 0 Å². The monoisotopic (exact) mass is 1000 g/mol. The summed E-state index contributed by atoms with van der Waals surface area (Å²) in [5.74, 6) is -0.817. The molecule has 20 nitrogen and oxygen atoms in total. The lowest BCUT2D eigenvalue weighted by molar-refractivity contribution is -0.387. The summed E-state index contributed by atoms with van der Waals surface area (Å²) in [5.41, 5.74) is 3.04. The molecule has 0 amide bonds. The van der Waals surface area contributed by atoms with Gasteiger partial charge in [0.2, 0.25) is 17.7 Å². The van der Waals surface area contributed by atoms with Crippen LogP contribution < -0.4 is 34.5 Å². The van der Waals surface area contributed by atoms with E-state index in [1.54, 1.807) is 44.4 Å². The lowest BCUT2D eigenvalue weighted by Crippen LogP contribution is -2.29. The highest BCUT2D eigenvalue weighted by molar-refractivity contribution is 5.97. The molecule has 0 saturated carbocycles. The molecule has 376 valence electrons. The molecule has 0 saturated heterocycles. The summed E-state index contributed by atoms with van der Waals surface area (Å²) in [6.07, 6.45) is 6.70. The first-order valence-corrected chi connectivity index (χ1v) is 21.4. The van der Waals surface area contributed by atoms with Gasteiger partial charge in [-0.05, 0) is 50.5 Å². The van der Waals surface area contributed by atoms with Crippen LogP contribution in [0, 0.1) is 26.0 Å². The highest BCUT2D eigenvalue weighted by Gasteiger charge is 2.26. The highest BCUT2D eigenvalue weighted by Crippen LogP contribution is 2.41. The van der Waals surface area contributed by atoms with Crippen LogP contribution in [0.2, 0.25) is 0 Å². The van der Waals surface area contributed by atoms with Gasteiger partial charge in [-0.2, -0.15) is 22.0 Å².